The zero-order valence-corrected chi connectivity index (χ0v) is 16.1. The number of hydrogen-bond acceptors (Lipinski definition) is 5. The molecule has 2 aromatic carbocycles. The first-order chi connectivity index (χ1) is 14.2. The summed E-state index contributed by atoms with van der Waals surface area (Å²) in [6.45, 7) is 3.40. The minimum Gasteiger partial charge on any atom is -0.496 e. The highest BCUT2D eigenvalue weighted by Gasteiger charge is 2.20. The molecule has 146 valence electrons. The van der Waals surface area contributed by atoms with Crippen LogP contribution in [-0.2, 0) is 13.0 Å². The first-order valence-electron chi connectivity index (χ1n) is 9.50. The van der Waals surface area contributed by atoms with Gasteiger partial charge in [-0.2, -0.15) is 5.10 Å². The number of nitrogens with zero attached hydrogens (tertiary/aromatic N) is 4. The van der Waals surface area contributed by atoms with E-state index in [9.17, 15) is 4.39 Å². The lowest BCUT2D eigenvalue weighted by Gasteiger charge is -2.13. The van der Waals surface area contributed by atoms with Gasteiger partial charge in [0.05, 0.1) is 26.2 Å². The molecule has 0 unspecified atom stereocenters. The Morgan fingerprint density at radius 1 is 1.17 bits per heavy atom. The first-order valence-corrected chi connectivity index (χ1v) is 9.50. The zero-order valence-electron chi connectivity index (χ0n) is 16.1. The number of halogens is 1. The molecule has 0 amide bonds. The molecule has 0 saturated heterocycles. The van der Waals surface area contributed by atoms with Gasteiger partial charge in [-0.05, 0) is 36.2 Å². The second-order valence-electron chi connectivity index (χ2n) is 6.91. The number of ether oxygens (including phenoxy) is 2. The maximum Gasteiger partial charge on any atom is 0.183 e. The molecule has 2 aromatic heterocycles. The number of benzene rings is 2. The van der Waals surface area contributed by atoms with Gasteiger partial charge in [0.2, 0.25) is 0 Å². The summed E-state index contributed by atoms with van der Waals surface area (Å²) in [5.41, 5.74) is 5.31. The van der Waals surface area contributed by atoms with Crippen molar-refractivity contribution in [3.8, 4) is 33.8 Å². The smallest absolute Gasteiger partial charge is 0.183 e. The van der Waals surface area contributed by atoms with Crippen LogP contribution in [0.4, 0.5) is 4.39 Å². The highest BCUT2D eigenvalue weighted by atomic mass is 19.1. The lowest BCUT2D eigenvalue weighted by atomic mass is 9.96. The quantitative estimate of drug-likeness (QED) is 0.521. The Morgan fingerprint density at radius 2 is 2.07 bits per heavy atom. The molecule has 0 saturated carbocycles. The molecule has 6 nitrogen and oxygen atoms in total. The van der Waals surface area contributed by atoms with Crippen molar-refractivity contribution in [3.05, 3.63) is 54.2 Å². The molecular formula is C22H19FN4O2. The minimum absolute atomic E-state index is 0.316. The number of hydrogen-bond donors (Lipinski definition) is 0. The fourth-order valence-electron chi connectivity index (χ4n) is 3.80. The molecule has 7 heteroatoms. The third-order valence-electron chi connectivity index (χ3n) is 5.32. The maximum absolute atomic E-state index is 14.9. The second-order valence-corrected chi connectivity index (χ2v) is 6.91. The molecule has 5 rings (SSSR count). The summed E-state index contributed by atoms with van der Waals surface area (Å²) < 4.78 is 28.0. The topological polar surface area (TPSA) is 62.1 Å². The van der Waals surface area contributed by atoms with E-state index in [1.54, 1.807) is 25.7 Å². The number of aryl methyl sites for hydroxylation is 1. The summed E-state index contributed by atoms with van der Waals surface area (Å²) in [6.07, 6.45) is 4.22. The van der Waals surface area contributed by atoms with Crippen LogP contribution in [0.15, 0.2) is 42.9 Å². The summed E-state index contributed by atoms with van der Waals surface area (Å²) in [5, 5.41) is 8.34. The van der Waals surface area contributed by atoms with E-state index in [0.717, 1.165) is 40.9 Å². The van der Waals surface area contributed by atoms with E-state index >= 15 is 0 Å². The van der Waals surface area contributed by atoms with E-state index in [-0.39, 0.29) is 5.82 Å². The Morgan fingerprint density at radius 3 is 2.90 bits per heavy atom. The molecule has 29 heavy (non-hydrogen) atoms. The van der Waals surface area contributed by atoms with Gasteiger partial charge in [0.1, 0.15) is 22.8 Å². The van der Waals surface area contributed by atoms with Gasteiger partial charge in [-0.25, -0.2) is 9.37 Å². The van der Waals surface area contributed by atoms with Crippen LogP contribution < -0.4 is 9.47 Å². The van der Waals surface area contributed by atoms with Crippen molar-refractivity contribution in [3.63, 3.8) is 0 Å². The molecule has 0 bridgehead atoms. The predicted octanol–water partition coefficient (Wildman–Crippen LogP) is 4.26. The third kappa shape index (κ3) is 2.81. The van der Waals surface area contributed by atoms with Gasteiger partial charge in [0.15, 0.2) is 5.65 Å². The number of rotatable bonds is 4. The normalized spacial score (nSPS) is 12.8. The summed E-state index contributed by atoms with van der Waals surface area (Å²) in [7, 11) is 1.58. The zero-order chi connectivity index (χ0) is 20.0. The molecule has 0 N–H and O–H groups in total. The van der Waals surface area contributed by atoms with Crippen molar-refractivity contribution in [1.82, 2.24) is 19.7 Å². The lowest BCUT2D eigenvalue weighted by molar-refractivity contribution is 0.353. The molecular weight excluding hydrogens is 371 g/mol. The largest absolute Gasteiger partial charge is 0.496 e. The van der Waals surface area contributed by atoms with E-state index in [2.05, 4.69) is 15.2 Å². The average Bonchev–Trinajstić information content (AvgIpc) is 3.39. The van der Waals surface area contributed by atoms with E-state index < -0.39 is 0 Å². The van der Waals surface area contributed by atoms with Crippen LogP contribution in [0.2, 0.25) is 0 Å². The molecule has 4 aromatic rings. The van der Waals surface area contributed by atoms with E-state index in [4.69, 9.17) is 9.47 Å². The Bertz CT molecular complexity index is 1240. The highest BCUT2D eigenvalue weighted by Crippen LogP contribution is 2.41. The fraction of sp³-hybridized carbons (Fsp3) is 0.227. The number of fused-ring (bicyclic) bond motifs is 2. The van der Waals surface area contributed by atoms with Gasteiger partial charge >= 0.3 is 0 Å². The van der Waals surface area contributed by atoms with Gasteiger partial charge in [-0.15, -0.1) is 5.10 Å². The first kappa shape index (κ1) is 17.6. The second kappa shape index (κ2) is 6.84. The molecule has 1 aliphatic rings. The summed E-state index contributed by atoms with van der Waals surface area (Å²) in [5.74, 6) is 1.06. The fourth-order valence-corrected chi connectivity index (χ4v) is 3.80. The number of imidazole rings is 1. The minimum atomic E-state index is -0.316. The monoisotopic (exact) mass is 390 g/mol. The van der Waals surface area contributed by atoms with Crippen LogP contribution in [0.5, 0.6) is 11.5 Å². The summed E-state index contributed by atoms with van der Waals surface area (Å²) in [4.78, 5) is 4.50. The highest BCUT2D eigenvalue weighted by molar-refractivity contribution is 5.90. The van der Waals surface area contributed by atoms with Crippen molar-refractivity contribution in [2.24, 2.45) is 0 Å². The number of aromatic nitrogens is 4. The third-order valence-corrected chi connectivity index (χ3v) is 5.32. The van der Waals surface area contributed by atoms with E-state index in [0.29, 0.717) is 29.1 Å². The predicted molar refractivity (Wildman–Crippen MR) is 108 cm³/mol. The molecule has 0 radical (unpaired) electrons. The Labute approximate surface area is 166 Å². The Kier molecular flexibility index (Phi) is 4.16. The average molecular weight is 390 g/mol. The van der Waals surface area contributed by atoms with Crippen molar-refractivity contribution in [2.75, 3.05) is 13.7 Å². The van der Waals surface area contributed by atoms with Crippen LogP contribution >= 0.6 is 0 Å². The SMILES string of the molecule is CCn1cnc2c(-c3ccc(F)c(-c4cc5c(cc4OC)OCC5)c3)cnnc21. The maximum atomic E-state index is 14.9. The van der Waals surface area contributed by atoms with Gasteiger partial charge < -0.3 is 14.0 Å². The Hall–Kier alpha value is -3.48. The van der Waals surface area contributed by atoms with Crippen molar-refractivity contribution < 1.29 is 13.9 Å². The van der Waals surface area contributed by atoms with E-state index in [1.165, 1.54) is 6.07 Å². The molecule has 0 atom stereocenters. The molecule has 0 spiro atoms. The van der Waals surface area contributed by atoms with Gasteiger partial charge in [-0.3, -0.25) is 0 Å². The van der Waals surface area contributed by atoms with Crippen molar-refractivity contribution in [2.45, 2.75) is 19.9 Å². The van der Waals surface area contributed by atoms with Crippen LogP contribution in [0, 0.1) is 5.82 Å². The van der Waals surface area contributed by atoms with Crippen molar-refractivity contribution >= 4 is 11.2 Å². The summed E-state index contributed by atoms with van der Waals surface area (Å²) in [6, 6.07) is 8.81. The molecule has 3 heterocycles. The van der Waals surface area contributed by atoms with Gasteiger partial charge in [0, 0.05) is 35.7 Å². The van der Waals surface area contributed by atoms with Crippen LogP contribution in [-0.4, -0.2) is 33.5 Å². The van der Waals surface area contributed by atoms with Gasteiger partial charge in [0.25, 0.3) is 0 Å². The standard InChI is InChI=1S/C22H19FN4O2/c1-3-27-12-24-21-17(11-25-26-22(21)27)13-4-5-18(23)15(8-13)16-9-14-6-7-29-19(14)10-20(16)28-2/h4-5,8-12H,3,6-7H2,1-2H3. The molecule has 1 aliphatic heterocycles. The lowest BCUT2D eigenvalue weighted by Crippen LogP contribution is -1.96. The van der Waals surface area contributed by atoms with Crippen LogP contribution in [0.25, 0.3) is 33.4 Å². The van der Waals surface area contributed by atoms with Gasteiger partial charge in [-0.1, -0.05) is 6.07 Å². The van der Waals surface area contributed by atoms with Crippen LogP contribution in [0.1, 0.15) is 12.5 Å². The Balaban J connectivity index is 1.69. The van der Waals surface area contributed by atoms with E-state index in [1.807, 2.05) is 29.7 Å². The number of methoxy groups -OCH3 is 1. The molecule has 0 aliphatic carbocycles. The van der Waals surface area contributed by atoms with Crippen LogP contribution in [0.3, 0.4) is 0 Å². The van der Waals surface area contributed by atoms with Crippen molar-refractivity contribution in [1.29, 1.82) is 0 Å². The molecule has 0 fully saturated rings. The summed E-state index contributed by atoms with van der Waals surface area (Å²) >= 11 is 0.